The first-order valence-electron chi connectivity index (χ1n) is 12.8. The SMILES string of the molecule is O=C(CCCN1CCN(CCCNCCC(Oc2ccc(C(F)(F)F)cc2)c2ccccc2)CC1)NO. The van der Waals surface area contributed by atoms with Crippen molar-refractivity contribution in [3.8, 4) is 5.75 Å². The van der Waals surface area contributed by atoms with Crippen molar-refractivity contribution in [3.05, 3.63) is 65.7 Å². The van der Waals surface area contributed by atoms with Crippen molar-refractivity contribution in [3.63, 3.8) is 0 Å². The molecule has 0 bridgehead atoms. The lowest BCUT2D eigenvalue weighted by Crippen LogP contribution is -2.47. The van der Waals surface area contributed by atoms with E-state index in [1.54, 1.807) is 5.48 Å². The van der Waals surface area contributed by atoms with Gasteiger partial charge in [-0.05, 0) is 68.8 Å². The fourth-order valence-electron chi connectivity index (χ4n) is 4.39. The van der Waals surface area contributed by atoms with Gasteiger partial charge < -0.3 is 19.9 Å². The molecule has 1 atom stereocenters. The number of carbonyl (C=O) groups excluding carboxylic acids is 1. The van der Waals surface area contributed by atoms with Crippen LogP contribution in [0.3, 0.4) is 0 Å². The van der Waals surface area contributed by atoms with Gasteiger partial charge in [-0.25, -0.2) is 5.48 Å². The van der Waals surface area contributed by atoms with Gasteiger partial charge in [-0.1, -0.05) is 30.3 Å². The van der Waals surface area contributed by atoms with E-state index >= 15 is 0 Å². The third-order valence-electron chi connectivity index (χ3n) is 6.51. The zero-order chi connectivity index (χ0) is 26.5. The maximum atomic E-state index is 12.9. The quantitative estimate of drug-likeness (QED) is 0.197. The molecule has 0 radical (unpaired) electrons. The Morgan fingerprint density at radius 2 is 1.54 bits per heavy atom. The predicted molar refractivity (Wildman–Crippen MR) is 135 cm³/mol. The van der Waals surface area contributed by atoms with Crippen molar-refractivity contribution in [1.29, 1.82) is 0 Å². The van der Waals surface area contributed by atoms with Crippen LogP contribution in [0.2, 0.25) is 0 Å². The number of carbonyl (C=O) groups is 1. The van der Waals surface area contributed by atoms with Gasteiger partial charge in [0.15, 0.2) is 0 Å². The van der Waals surface area contributed by atoms with Crippen LogP contribution in [0.25, 0.3) is 0 Å². The smallest absolute Gasteiger partial charge is 0.416 e. The summed E-state index contributed by atoms with van der Waals surface area (Å²) >= 11 is 0. The molecule has 1 fully saturated rings. The van der Waals surface area contributed by atoms with Gasteiger partial charge in [0.1, 0.15) is 11.9 Å². The van der Waals surface area contributed by atoms with E-state index in [0.717, 1.165) is 82.9 Å². The van der Waals surface area contributed by atoms with E-state index in [0.29, 0.717) is 18.6 Å². The van der Waals surface area contributed by atoms with E-state index in [2.05, 4.69) is 15.1 Å². The van der Waals surface area contributed by atoms with Crippen LogP contribution in [0.15, 0.2) is 54.6 Å². The van der Waals surface area contributed by atoms with Gasteiger partial charge in [0.05, 0.1) is 5.56 Å². The molecule has 1 aliphatic rings. The van der Waals surface area contributed by atoms with E-state index in [1.807, 2.05) is 30.3 Å². The van der Waals surface area contributed by atoms with E-state index in [4.69, 9.17) is 9.94 Å². The highest BCUT2D eigenvalue weighted by molar-refractivity contribution is 5.74. The van der Waals surface area contributed by atoms with Gasteiger partial charge in [0, 0.05) is 39.0 Å². The first kappa shape index (κ1) is 28.9. The minimum atomic E-state index is -4.37. The normalized spacial score (nSPS) is 15.9. The van der Waals surface area contributed by atoms with Crippen molar-refractivity contribution in [2.24, 2.45) is 0 Å². The number of hydrogen-bond donors (Lipinski definition) is 3. The Hall–Kier alpha value is -2.66. The van der Waals surface area contributed by atoms with Crippen LogP contribution in [-0.4, -0.2) is 73.3 Å². The summed E-state index contributed by atoms with van der Waals surface area (Å²) in [6.45, 7) is 7.44. The first-order valence-corrected chi connectivity index (χ1v) is 12.8. The van der Waals surface area contributed by atoms with Gasteiger partial charge in [-0.2, -0.15) is 13.2 Å². The Labute approximate surface area is 216 Å². The molecule has 0 aromatic heterocycles. The first-order chi connectivity index (χ1) is 17.8. The Kier molecular flexibility index (Phi) is 11.7. The third-order valence-corrected chi connectivity index (χ3v) is 6.51. The second kappa shape index (κ2) is 14.9. The Balaban J connectivity index is 1.35. The van der Waals surface area contributed by atoms with Crippen LogP contribution >= 0.6 is 0 Å². The van der Waals surface area contributed by atoms with Crippen molar-refractivity contribution in [1.82, 2.24) is 20.6 Å². The molecular weight excluding hydrogens is 485 g/mol. The molecule has 1 saturated heterocycles. The standard InChI is InChI=1S/C27H37F3N4O3/c28-27(29,30)23-9-11-24(12-10-23)37-25(22-6-2-1-3-7-22)13-15-31-14-5-17-34-20-18-33(19-21-34)16-4-8-26(35)32-36/h1-3,6-7,9-12,25,31,36H,4-5,8,13-21H2,(H,32,35). The van der Waals surface area contributed by atoms with Crippen LogP contribution in [0.5, 0.6) is 5.75 Å². The third kappa shape index (κ3) is 10.3. The van der Waals surface area contributed by atoms with Crippen molar-refractivity contribution >= 4 is 5.91 Å². The minimum Gasteiger partial charge on any atom is -0.486 e. The molecule has 1 amide bonds. The molecule has 3 rings (SSSR count). The van der Waals surface area contributed by atoms with Crippen LogP contribution in [0.4, 0.5) is 13.2 Å². The highest BCUT2D eigenvalue weighted by atomic mass is 19.4. The maximum Gasteiger partial charge on any atom is 0.416 e. The van der Waals surface area contributed by atoms with Crippen LogP contribution in [-0.2, 0) is 11.0 Å². The summed E-state index contributed by atoms with van der Waals surface area (Å²) in [5.41, 5.74) is 1.96. The van der Waals surface area contributed by atoms with Gasteiger partial charge in [-0.15, -0.1) is 0 Å². The summed E-state index contributed by atoms with van der Waals surface area (Å²) in [5.74, 6) is 0.0741. The van der Waals surface area contributed by atoms with E-state index < -0.39 is 11.7 Å². The molecule has 37 heavy (non-hydrogen) atoms. The summed E-state index contributed by atoms with van der Waals surface area (Å²) in [5, 5.41) is 12.0. The number of benzene rings is 2. The molecule has 1 aliphatic heterocycles. The molecule has 0 aliphatic carbocycles. The summed E-state index contributed by atoms with van der Waals surface area (Å²) in [7, 11) is 0. The molecule has 204 valence electrons. The average Bonchev–Trinajstić information content (AvgIpc) is 2.91. The molecule has 2 aromatic carbocycles. The monoisotopic (exact) mass is 522 g/mol. The van der Waals surface area contributed by atoms with E-state index in [1.165, 1.54) is 12.1 Å². The number of hydroxylamine groups is 1. The van der Waals surface area contributed by atoms with Gasteiger partial charge in [-0.3, -0.25) is 10.0 Å². The molecule has 3 N–H and O–H groups in total. The highest BCUT2D eigenvalue weighted by Crippen LogP contribution is 2.31. The second-order valence-electron chi connectivity index (χ2n) is 9.25. The molecule has 0 spiro atoms. The lowest BCUT2D eigenvalue weighted by Gasteiger charge is -2.34. The number of ether oxygens (including phenoxy) is 1. The van der Waals surface area contributed by atoms with Gasteiger partial charge in [0.25, 0.3) is 0 Å². The largest absolute Gasteiger partial charge is 0.486 e. The molecule has 0 saturated carbocycles. The Morgan fingerprint density at radius 1 is 0.919 bits per heavy atom. The van der Waals surface area contributed by atoms with Crippen LogP contribution < -0.4 is 15.5 Å². The Bertz CT molecular complexity index is 921. The second-order valence-corrected chi connectivity index (χ2v) is 9.25. The zero-order valence-corrected chi connectivity index (χ0v) is 21.1. The summed E-state index contributed by atoms with van der Waals surface area (Å²) in [6.07, 6.45) is -1.84. The molecule has 7 nitrogen and oxygen atoms in total. The molecule has 1 heterocycles. The van der Waals surface area contributed by atoms with Crippen molar-refractivity contribution in [2.45, 2.75) is 38.0 Å². The molecular formula is C27H37F3N4O3. The van der Waals surface area contributed by atoms with Crippen molar-refractivity contribution in [2.75, 3.05) is 52.4 Å². The summed E-state index contributed by atoms with van der Waals surface area (Å²) in [6, 6.07) is 14.6. The van der Waals surface area contributed by atoms with Crippen LogP contribution in [0.1, 0.15) is 42.9 Å². The molecule has 10 heteroatoms. The maximum absolute atomic E-state index is 12.9. The lowest BCUT2D eigenvalue weighted by atomic mass is 10.1. The van der Waals surface area contributed by atoms with E-state index in [9.17, 15) is 18.0 Å². The number of alkyl halides is 3. The number of amides is 1. The predicted octanol–water partition coefficient (Wildman–Crippen LogP) is 4.10. The van der Waals surface area contributed by atoms with Gasteiger partial charge in [0.2, 0.25) is 5.91 Å². The fraction of sp³-hybridized carbons (Fsp3) is 0.519. The number of piperazine rings is 1. The fourth-order valence-corrected chi connectivity index (χ4v) is 4.39. The number of nitrogens with one attached hydrogen (secondary N) is 2. The van der Waals surface area contributed by atoms with Crippen molar-refractivity contribution < 1.29 is 27.9 Å². The zero-order valence-electron chi connectivity index (χ0n) is 21.1. The average molecular weight is 523 g/mol. The number of rotatable bonds is 14. The molecule has 1 unspecified atom stereocenters. The number of nitrogens with zero attached hydrogens (tertiary/aromatic N) is 2. The number of hydrogen-bond acceptors (Lipinski definition) is 6. The highest BCUT2D eigenvalue weighted by Gasteiger charge is 2.30. The minimum absolute atomic E-state index is 0.262. The summed E-state index contributed by atoms with van der Waals surface area (Å²) in [4.78, 5) is 15.9. The van der Waals surface area contributed by atoms with E-state index in [-0.39, 0.29) is 12.0 Å². The lowest BCUT2D eigenvalue weighted by molar-refractivity contribution is -0.137. The number of halogens is 3. The van der Waals surface area contributed by atoms with Gasteiger partial charge >= 0.3 is 6.18 Å². The Morgan fingerprint density at radius 3 is 2.14 bits per heavy atom. The molecule has 2 aromatic rings. The topological polar surface area (TPSA) is 77.1 Å². The summed E-state index contributed by atoms with van der Waals surface area (Å²) < 4.78 is 44.6. The van der Waals surface area contributed by atoms with Crippen LogP contribution in [0, 0.1) is 0 Å².